The van der Waals surface area contributed by atoms with Gasteiger partial charge >= 0.3 is 0 Å². The lowest BCUT2D eigenvalue weighted by Crippen LogP contribution is -1.97. The first-order chi connectivity index (χ1) is 7.36. The van der Waals surface area contributed by atoms with Crippen LogP contribution in [-0.2, 0) is 0 Å². The van der Waals surface area contributed by atoms with Crippen LogP contribution in [0, 0.1) is 0 Å². The molecule has 0 atom stereocenters. The Hall–Kier alpha value is -1.02. The Morgan fingerprint density at radius 2 is 1.87 bits per heavy atom. The summed E-state index contributed by atoms with van der Waals surface area (Å²) in [5.41, 5.74) is 0.671. The molecule has 1 rings (SSSR count). The van der Waals surface area contributed by atoms with Crippen LogP contribution in [0.4, 0.5) is 0 Å². The van der Waals surface area contributed by atoms with Gasteiger partial charge in [0.1, 0.15) is 12.0 Å². The van der Waals surface area contributed by atoms with Crippen molar-refractivity contribution in [2.75, 3.05) is 12.5 Å². The highest BCUT2D eigenvalue weighted by Gasteiger charge is 1.94. The second-order valence-corrected chi connectivity index (χ2v) is 3.66. The van der Waals surface area contributed by atoms with Crippen molar-refractivity contribution in [2.24, 2.45) is 0 Å². The van der Waals surface area contributed by atoms with Crippen LogP contribution in [-0.4, -0.2) is 18.8 Å². The van der Waals surface area contributed by atoms with E-state index in [1.807, 2.05) is 12.1 Å². The highest BCUT2D eigenvalue weighted by atomic mass is 35.5. The number of benzene rings is 1. The fourth-order valence-corrected chi connectivity index (χ4v) is 1.39. The number of ether oxygens (including phenoxy) is 1. The number of carbonyl (C=O) groups is 1. The fourth-order valence-electron chi connectivity index (χ4n) is 1.21. The summed E-state index contributed by atoms with van der Waals surface area (Å²) in [6.07, 6.45) is 3.97. The van der Waals surface area contributed by atoms with Gasteiger partial charge in [-0.25, -0.2) is 0 Å². The maximum Gasteiger partial charge on any atom is 0.150 e. The zero-order valence-electron chi connectivity index (χ0n) is 8.62. The number of hydrogen-bond donors (Lipinski definition) is 0. The molecular weight excluding hydrogens is 212 g/mol. The summed E-state index contributed by atoms with van der Waals surface area (Å²) in [5.74, 6) is 1.53. The molecule has 0 heterocycles. The largest absolute Gasteiger partial charge is 0.494 e. The van der Waals surface area contributed by atoms with Gasteiger partial charge in [0.15, 0.2) is 0 Å². The van der Waals surface area contributed by atoms with Crippen LogP contribution in [0.25, 0.3) is 0 Å². The zero-order valence-corrected chi connectivity index (χ0v) is 9.37. The van der Waals surface area contributed by atoms with Crippen molar-refractivity contribution in [3.8, 4) is 5.75 Å². The van der Waals surface area contributed by atoms with Gasteiger partial charge in [-0.05, 0) is 43.5 Å². The lowest BCUT2D eigenvalue weighted by Gasteiger charge is -2.05. The van der Waals surface area contributed by atoms with Gasteiger partial charge in [-0.1, -0.05) is 0 Å². The second kappa shape index (κ2) is 7.30. The molecule has 2 nitrogen and oxygen atoms in total. The molecule has 3 heteroatoms. The topological polar surface area (TPSA) is 26.3 Å². The quantitative estimate of drug-likeness (QED) is 0.405. The monoisotopic (exact) mass is 226 g/mol. The van der Waals surface area contributed by atoms with E-state index in [2.05, 4.69) is 0 Å². The fraction of sp³-hybridized carbons (Fsp3) is 0.417. The third-order valence-corrected chi connectivity index (χ3v) is 2.33. The third-order valence-electron chi connectivity index (χ3n) is 2.06. The smallest absolute Gasteiger partial charge is 0.150 e. The first-order valence-corrected chi connectivity index (χ1v) is 5.64. The molecular formula is C12H15ClO2. The molecule has 0 aromatic heterocycles. The van der Waals surface area contributed by atoms with Crippen molar-refractivity contribution in [3.05, 3.63) is 29.8 Å². The lowest BCUT2D eigenvalue weighted by atomic mass is 10.2. The number of hydrogen-bond acceptors (Lipinski definition) is 2. The Morgan fingerprint density at radius 3 is 2.47 bits per heavy atom. The van der Waals surface area contributed by atoms with E-state index in [1.54, 1.807) is 12.1 Å². The Bertz CT molecular complexity index is 282. The number of aldehydes is 1. The van der Waals surface area contributed by atoms with Crippen LogP contribution in [0.2, 0.25) is 0 Å². The number of halogens is 1. The molecule has 82 valence electrons. The van der Waals surface area contributed by atoms with Crippen LogP contribution in [0.5, 0.6) is 5.75 Å². The van der Waals surface area contributed by atoms with Crippen molar-refractivity contribution in [1.29, 1.82) is 0 Å². The van der Waals surface area contributed by atoms with Crippen molar-refractivity contribution in [3.63, 3.8) is 0 Å². The number of alkyl halides is 1. The van der Waals surface area contributed by atoms with Gasteiger partial charge in [-0.3, -0.25) is 4.79 Å². The van der Waals surface area contributed by atoms with Gasteiger partial charge in [0.2, 0.25) is 0 Å². The van der Waals surface area contributed by atoms with E-state index in [9.17, 15) is 4.79 Å². The molecule has 0 bridgehead atoms. The number of unbranched alkanes of at least 4 members (excludes halogenated alkanes) is 2. The molecule has 0 fully saturated rings. The van der Waals surface area contributed by atoms with Crippen LogP contribution in [0.15, 0.2) is 24.3 Å². The van der Waals surface area contributed by atoms with Gasteiger partial charge in [0, 0.05) is 11.4 Å². The average Bonchev–Trinajstić information content (AvgIpc) is 2.30. The van der Waals surface area contributed by atoms with E-state index in [0.717, 1.165) is 31.3 Å². The Labute approximate surface area is 95.2 Å². The average molecular weight is 227 g/mol. The third kappa shape index (κ3) is 4.84. The molecule has 0 aliphatic heterocycles. The zero-order chi connectivity index (χ0) is 10.9. The molecule has 0 N–H and O–H groups in total. The summed E-state index contributed by atoms with van der Waals surface area (Å²) in [7, 11) is 0. The minimum Gasteiger partial charge on any atom is -0.494 e. The molecule has 0 unspecified atom stereocenters. The van der Waals surface area contributed by atoms with Crippen LogP contribution in [0.3, 0.4) is 0 Å². The predicted molar refractivity (Wildman–Crippen MR) is 61.9 cm³/mol. The normalized spacial score (nSPS) is 9.93. The minimum absolute atomic E-state index is 0.671. The summed E-state index contributed by atoms with van der Waals surface area (Å²) in [6.45, 7) is 0.706. The van der Waals surface area contributed by atoms with Crippen LogP contribution >= 0.6 is 11.6 Å². The molecule has 0 aliphatic rings. The molecule has 15 heavy (non-hydrogen) atoms. The Balaban J connectivity index is 2.22. The van der Waals surface area contributed by atoms with Gasteiger partial charge < -0.3 is 4.74 Å². The SMILES string of the molecule is O=Cc1ccc(OCCCCCCl)cc1. The summed E-state index contributed by atoms with van der Waals surface area (Å²) in [4.78, 5) is 10.4. The van der Waals surface area contributed by atoms with E-state index in [-0.39, 0.29) is 0 Å². The van der Waals surface area contributed by atoms with Crippen molar-refractivity contribution < 1.29 is 9.53 Å². The molecule has 1 aromatic carbocycles. The molecule has 0 radical (unpaired) electrons. The minimum atomic E-state index is 0.671. The molecule has 0 aliphatic carbocycles. The molecule has 0 saturated heterocycles. The van der Waals surface area contributed by atoms with Crippen molar-refractivity contribution in [2.45, 2.75) is 19.3 Å². The van der Waals surface area contributed by atoms with Crippen LogP contribution in [0.1, 0.15) is 29.6 Å². The standard InChI is InChI=1S/C12H15ClO2/c13-8-2-1-3-9-15-12-6-4-11(10-14)5-7-12/h4-7,10H,1-3,8-9H2. The maximum atomic E-state index is 10.4. The van der Waals surface area contributed by atoms with Crippen molar-refractivity contribution in [1.82, 2.24) is 0 Å². The van der Waals surface area contributed by atoms with E-state index >= 15 is 0 Å². The molecule has 0 saturated carbocycles. The van der Waals surface area contributed by atoms with E-state index in [4.69, 9.17) is 16.3 Å². The van der Waals surface area contributed by atoms with Crippen LogP contribution < -0.4 is 4.74 Å². The first-order valence-electron chi connectivity index (χ1n) is 5.11. The predicted octanol–water partition coefficient (Wildman–Crippen LogP) is 3.29. The summed E-state index contributed by atoms with van der Waals surface area (Å²) >= 11 is 5.56. The maximum absolute atomic E-state index is 10.4. The van der Waals surface area contributed by atoms with Gasteiger partial charge in [0.05, 0.1) is 6.61 Å². The van der Waals surface area contributed by atoms with E-state index in [0.29, 0.717) is 18.1 Å². The lowest BCUT2D eigenvalue weighted by molar-refractivity contribution is 0.112. The van der Waals surface area contributed by atoms with Gasteiger partial charge in [-0.2, -0.15) is 0 Å². The Morgan fingerprint density at radius 1 is 1.13 bits per heavy atom. The van der Waals surface area contributed by atoms with Gasteiger partial charge in [0.25, 0.3) is 0 Å². The molecule has 1 aromatic rings. The summed E-state index contributed by atoms with van der Waals surface area (Å²) < 4.78 is 5.49. The highest BCUT2D eigenvalue weighted by Crippen LogP contribution is 2.11. The summed E-state index contributed by atoms with van der Waals surface area (Å²) in [5, 5.41) is 0. The molecule has 0 spiro atoms. The Kier molecular flexibility index (Phi) is 5.86. The number of carbonyl (C=O) groups excluding carboxylic acids is 1. The van der Waals surface area contributed by atoms with E-state index in [1.165, 1.54) is 0 Å². The molecule has 0 amide bonds. The van der Waals surface area contributed by atoms with Crippen molar-refractivity contribution >= 4 is 17.9 Å². The summed E-state index contributed by atoms with van der Waals surface area (Å²) in [6, 6.07) is 7.12. The number of rotatable bonds is 7. The van der Waals surface area contributed by atoms with E-state index < -0.39 is 0 Å². The highest BCUT2D eigenvalue weighted by molar-refractivity contribution is 6.17. The first kappa shape index (κ1) is 12.1. The van der Waals surface area contributed by atoms with Gasteiger partial charge in [-0.15, -0.1) is 11.6 Å². The second-order valence-electron chi connectivity index (χ2n) is 3.28.